The van der Waals surface area contributed by atoms with Crippen molar-refractivity contribution < 1.29 is 38.0 Å². The highest BCUT2D eigenvalue weighted by Crippen LogP contribution is 2.39. The van der Waals surface area contributed by atoms with Gasteiger partial charge in [-0.05, 0) is 58.4 Å². The third-order valence-electron chi connectivity index (χ3n) is 5.14. The van der Waals surface area contributed by atoms with Gasteiger partial charge in [-0.15, -0.1) is 0 Å². The lowest BCUT2D eigenvalue weighted by Gasteiger charge is -2.15. The second-order valence-corrected chi connectivity index (χ2v) is 9.15. The predicted octanol–water partition coefficient (Wildman–Crippen LogP) is 4.95. The molecule has 192 valence electrons. The molecule has 0 fully saturated rings. The molecule has 4 rings (SSSR count). The summed E-state index contributed by atoms with van der Waals surface area (Å²) in [6.45, 7) is 0.105. The van der Waals surface area contributed by atoms with E-state index in [4.69, 9.17) is 28.4 Å². The number of amides is 1. The fraction of sp³-hybridized carbons (Fsp3) is 0.160. The molecular formula is C25H20Br2N2O8. The van der Waals surface area contributed by atoms with Gasteiger partial charge in [0.25, 0.3) is 5.91 Å². The molecule has 37 heavy (non-hydrogen) atoms. The van der Waals surface area contributed by atoms with Crippen molar-refractivity contribution in [1.29, 1.82) is 0 Å². The topological polar surface area (TPSA) is 114 Å². The summed E-state index contributed by atoms with van der Waals surface area (Å²) in [5.41, 5.74) is 3.37. The number of hydrogen-bond acceptors (Lipinski definition) is 9. The fourth-order valence-electron chi connectivity index (χ4n) is 3.40. The Kier molecular flexibility index (Phi) is 8.19. The van der Waals surface area contributed by atoms with Crippen molar-refractivity contribution in [3.63, 3.8) is 0 Å². The highest BCUT2D eigenvalue weighted by atomic mass is 79.9. The van der Waals surface area contributed by atoms with E-state index in [-0.39, 0.29) is 18.1 Å². The Balaban J connectivity index is 1.56. The van der Waals surface area contributed by atoms with E-state index >= 15 is 0 Å². The lowest BCUT2D eigenvalue weighted by atomic mass is 10.1. The maximum absolute atomic E-state index is 13.1. The average molecular weight is 636 g/mol. The Labute approximate surface area is 228 Å². The molecule has 0 aliphatic carbocycles. The van der Waals surface area contributed by atoms with Crippen molar-refractivity contribution in [2.45, 2.75) is 0 Å². The molecule has 1 N–H and O–H groups in total. The van der Waals surface area contributed by atoms with Crippen LogP contribution in [0.1, 0.15) is 26.3 Å². The fourth-order valence-corrected chi connectivity index (χ4v) is 4.74. The van der Waals surface area contributed by atoms with Crippen molar-refractivity contribution >= 4 is 50.0 Å². The minimum absolute atomic E-state index is 0.105. The highest BCUT2D eigenvalue weighted by molar-refractivity contribution is 9.11. The van der Waals surface area contributed by atoms with Gasteiger partial charge in [-0.3, -0.25) is 4.79 Å². The number of carbonyl (C=O) groups excluding carboxylic acids is 2. The van der Waals surface area contributed by atoms with Crippen LogP contribution in [0, 0.1) is 0 Å². The summed E-state index contributed by atoms with van der Waals surface area (Å²) in [6.07, 6.45) is 1.36. The molecule has 1 aliphatic rings. The Morgan fingerprint density at radius 1 is 0.892 bits per heavy atom. The van der Waals surface area contributed by atoms with Gasteiger partial charge in [-0.1, -0.05) is 15.9 Å². The van der Waals surface area contributed by atoms with E-state index < -0.39 is 11.9 Å². The highest BCUT2D eigenvalue weighted by Gasteiger charge is 2.21. The number of rotatable bonds is 8. The van der Waals surface area contributed by atoms with Crippen LogP contribution in [0.15, 0.2) is 56.5 Å². The van der Waals surface area contributed by atoms with Gasteiger partial charge in [0.15, 0.2) is 28.7 Å². The Hall–Kier alpha value is -3.77. The monoisotopic (exact) mass is 634 g/mol. The predicted molar refractivity (Wildman–Crippen MR) is 141 cm³/mol. The number of halogens is 2. The minimum Gasteiger partial charge on any atom is -0.493 e. The molecule has 3 aromatic rings. The number of nitrogens with one attached hydrogen (secondary N) is 1. The molecule has 12 heteroatoms. The second-order valence-electron chi connectivity index (χ2n) is 7.38. The lowest BCUT2D eigenvalue weighted by molar-refractivity contribution is 0.0732. The molecule has 0 spiro atoms. The summed E-state index contributed by atoms with van der Waals surface area (Å²) in [4.78, 5) is 25.6. The summed E-state index contributed by atoms with van der Waals surface area (Å²) < 4.78 is 33.3. The summed E-state index contributed by atoms with van der Waals surface area (Å²) in [7, 11) is 4.36. The van der Waals surface area contributed by atoms with Gasteiger partial charge in [0.2, 0.25) is 12.5 Å². The molecule has 0 unspecified atom stereocenters. The van der Waals surface area contributed by atoms with Gasteiger partial charge in [0.1, 0.15) is 0 Å². The molecule has 0 bridgehead atoms. The van der Waals surface area contributed by atoms with Crippen LogP contribution >= 0.6 is 31.9 Å². The second kappa shape index (κ2) is 11.5. The molecule has 0 saturated heterocycles. The van der Waals surface area contributed by atoms with E-state index in [0.717, 1.165) is 0 Å². The van der Waals surface area contributed by atoms with Crippen LogP contribution in [0.5, 0.6) is 34.5 Å². The first-order valence-corrected chi connectivity index (χ1v) is 12.2. The van der Waals surface area contributed by atoms with E-state index in [1.807, 2.05) is 0 Å². The molecule has 0 atom stereocenters. The molecule has 1 heterocycles. The van der Waals surface area contributed by atoms with Gasteiger partial charge < -0.3 is 28.4 Å². The van der Waals surface area contributed by atoms with E-state index in [1.165, 1.54) is 39.7 Å². The summed E-state index contributed by atoms with van der Waals surface area (Å²) in [5, 5.41) is 4.03. The van der Waals surface area contributed by atoms with Gasteiger partial charge in [0.05, 0.1) is 37.6 Å². The Morgan fingerprint density at radius 2 is 1.59 bits per heavy atom. The first kappa shape index (κ1) is 26.3. The third-order valence-corrected chi connectivity index (χ3v) is 6.18. The van der Waals surface area contributed by atoms with Crippen LogP contribution in [0.25, 0.3) is 0 Å². The molecule has 1 aliphatic heterocycles. The molecule has 0 radical (unpaired) electrons. The van der Waals surface area contributed by atoms with Crippen LogP contribution in [0.4, 0.5) is 0 Å². The minimum atomic E-state index is -0.679. The molecule has 3 aromatic carbocycles. The van der Waals surface area contributed by atoms with Crippen LogP contribution in [0.3, 0.4) is 0 Å². The zero-order valence-corrected chi connectivity index (χ0v) is 23.0. The maximum atomic E-state index is 13.1. The number of methoxy groups -OCH3 is 3. The zero-order chi connectivity index (χ0) is 26.5. The van der Waals surface area contributed by atoms with Crippen LogP contribution in [-0.4, -0.2) is 46.2 Å². The van der Waals surface area contributed by atoms with E-state index in [1.54, 1.807) is 30.3 Å². The van der Waals surface area contributed by atoms with E-state index in [0.29, 0.717) is 48.8 Å². The molecular weight excluding hydrogens is 616 g/mol. The van der Waals surface area contributed by atoms with Crippen molar-refractivity contribution in [2.24, 2.45) is 5.10 Å². The standard InChI is InChI=1S/C25H20Br2N2O8/c1-32-20-8-14(9-21(33-2)23(20)34-3)25(31)37-22-15(6-16(26)10-17(22)27)11-28-29-24(30)13-4-5-18-19(7-13)36-12-35-18/h4-11H,12H2,1-3H3,(H,29,30). The Bertz CT molecular complexity index is 1370. The number of ether oxygens (including phenoxy) is 6. The summed E-state index contributed by atoms with van der Waals surface area (Å²) in [6, 6.07) is 11.2. The first-order valence-electron chi connectivity index (χ1n) is 10.6. The number of hydrogen-bond donors (Lipinski definition) is 1. The van der Waals surface area contributed by atoms with Crippen molar-refractivity contribution in [3.05, 3.63) is 68.1 Å². The number of carbonyl (C=O) groups is 2. The smallest absolute Gasteiger partial charge is 0.343 e. The third kappa shape index (κ3) is 5.81. The van der Waals surface area contributed by atoms with E-state index in [9.17, 15) is 9.59 Å². The average Bonchev–Trinajstić information content (AvgIpc) is 3.37. The maximum Gasteiger partial charge on any atom is 0.343 e. The number of nitrogens with zero attached hydrogens (tertiary/aromatic N) is 1. The van der Waals surface area contributed by atoms with Crippen molar-refractivity contribution in [2.75, 3.05) is 28.1 Å². The van der Waals surface area contributed by atoms with E-state index in [2.05, 4.69) is 42.4 Å². The normalized spacial score (nSPS) is 11.8. The number of benzene rings is 3. The molecule has 1 amide bonds. The number of fused-ring (bicyclic) bond motifs is 1. The van der Waals surface area contributed by atoms with Crippen LogP contribution in [-0.2, 0) is 0 Å². The number of hydrazone groups is 1. The number of esters is 1. The van der Waals surface area contributed by atoms with Gasteiger partial charge in [0, 0.05) is 15.6 Å². The quantitative estimate of drug-likeness (QED) is 0.160. The van der Waals surface area contributed by atoms with Gasteiger partial charge in [-0.25, -0.2) is 10.2 Å². The lowest BCUT2D eigenvalue weighted by Crippen LogP contribution is -2.17. The van der Waals surface area contributed by atoms with Gasteiger partial charge >= 0.3 is 5.97 Å². The molecule has 0 aromatic heterocycles. The van der Waals surface area contributed by atoms with Crippen LogP contribution in [0.2, 0.25) is 0 Å². The molecule has 10 nitrogen and oxygen atoms in total. The summed E-state index contributed by atoms with van der Waals surface area (Å²) >= 11 is 6.82. The molecule has 0 saturated carbocycles. The Morgan fingerprint density at radius 3 is 2.27 bits per heavy atom. The zero-order valence-electron chi connectivity index (χ0n) is 19.8. The van der Waals surface area contributed by atoms with Crippen LogP contribution < -0.4 is 33.8 Å². The SMILES string of the molecule is COc1cc(C(=O)Oc2c(Br)cc(Br)cc2C=NNC(=O)c2ccc3c(c2)OCO3)cc(OC)c1OC. The first-order chi connectivity index (χ1) is 17.8. The largest absolute Gasteiger partial charge is 0.493 e. The van der Waals surface area contributed by atoms with Crippen molar-refractivity contribution in [3.8, 4) is 34.5 Å². The summed E-state index contributed by atoms with van der Waals surface area (Å²) in [5.74, 6) is 1.04. The van der Waals surface area contributed by atoms with Gasteiger partial charge in [-0.2, -0.15) is 5.10 Å². The van der Waals surface area contributed by atoms with Crippen molar-refractivity contribution in [1.82, 2.24) is 5.43 Å².